The first-order valence-electron chi connectivity index (χ1n) is 6.99. The molecule has 0 heterocycles. The lowest BCUT2D eigenvalue weighted by Gasteiger charge is -2.27. The molecule has 17 heavy (non-hydrogen) atoms. The lowest BCUT2D eigenvalue weighted by Crippen LogP contribution is -2.47. The van der Waals surface area contributed by atoms with Gasteiger partial charge >= 0.3 is 5.97 Å². The summed E-state index contributed by atoms with van der Waals surface area (Å²) in [7, 11) is 1.47. The first-order chi connectivity index (χ1) is 8.15. The largest absolute Gasteiger partial charge is 0.468 e. The van der Waals surface area contributed by atoms with Crippen molar-refractivity contribution >= 4 is 5.97 Å². The van der Waals surface area contributed by atoms with Crippen LogP contribution in [0.1, 0.15) is 58.8 Å². The van der Waals surface area contributed by atoms with Crippen molar-refractivity contribution in [3.05, 3.63) is 0 Å². The Balaban J connectivity index is 2.49. The fraction of sp³-hybridized carbons (Fsp3) is 0.929. The minimum absolute atomic E-state index is 0.123. The van der Waals surface area contributed by atoms with Crippen molar-refractivity contribution in [2.45, 2.75) is 70.9 Å². The molecule has 0 unspecified atom stereocenters. The topological polar surface area (TPSA) is 38.3 Å². The molecule has 1 saturated carbocycles. The number of methoxy groups -OCH3 is 1. The zero-order chi connectivity index (χ0) is 12.7. The van der Waals surface area contributed by atoms with Crippen LogP contribution in [-0.4, -0.2) is 25.2 Å². The highest BCUT2D eigenvalue weighted by atomic mass is 16.5. The van der Waals surface area contributed by atoms with Crippen LogP contribution in [0.2, 0.25) is 0 Å². The summed E-state index contributed by atoms with van der Waals surface area (Å²) in [4.78, 5) is 11.7. The van der Waals surface area contributed by atoms with Gasteiger partial charge in [0.25, 0.3) is 0 Å². The first kappa shape index (κ1) is 14.5. The summed E-state index contributed by atoms with van der Waals surface area (Å²) in [6, 6.07) is 0.339. The van der Waals surface area contributed by atoms with Gasteiger partial charge in [0.05, 0.1) is 7.11 Å². The monoisotopic (exact) mass is 241 g/mol. The summed E-state index contributed by atoms with van der Waals surface area (Å²) in [5, 5.41) is 3.50. The fourth-order valence-electron chi connectivity index (χ4n) is 2.54. The summed E-state index contributed by atoms with van der Waals surface area (Å²) >= 11 is 0. The normalized spacial score (nSPS) is 20.7. The van der Waals surface area contributed by atoms with Crippen molar-refractivity contribution < 1.29 is 9.53 Å². The predicted octanol–water partition coefficient (Wildman–Crippen LogP) is 2.89. The highest BCUT2D eigenvalue weighted by Gasteiger charge is 2.25. The van der Waals surface area contributed by atoms with Gasteiger partial charge in [-0.15, -0.1) is 0 Å². The van der Waals surface area contributed by atoms with Crippen LogP contribution in [0.3, 0.4) is 0 Å². The van der Waals surface area contributed by atoms with Gasteiger partial charge in [0.1, 0.15) is 6.04 Å². The number of esters is 1. The molecule has 100 valence electrons. The molecular weight excluding hydrogens is 214 g/mol. The lowest BCUT2D eigenvalue weighted by atomic mass is 9.94. The zero-order valence-corrected chi connectivity index (χ0v) is 11.5. The van der Waals surface area contributed by atoms with Gasteiger partial charge in [-0.25, -0.2) is 0 Å². The maximum atomic E-state index is 11.7. The summed E-state index contributed by atoms with van der Waals surface area (Å²) < 4.78 is 4.87. The minimum Gasteiger partial charge on any atom is -0.468 e. The van der Waals surface area contributed by atoms with Crippen LogP contribution >= 0.6 is 0 Å². The van der Waals surface area contributed by atoms with E-state index in [-0.39, 0.29) is 17.9 Å². The number of hydrogen-bond acceptors (Lipinski definition) is 3. The van der Waals surface area contributed by atoms with Crippen molar-refractivity contribution in [2.24, 2.45) is 5.92 Å². The van der Waals surface area contributed by atoms with Gasteiger partial charge in [0.15, 0.2) is 0 Å². The molecular formula is C14H27NO2. The highest BCUT2D eigenvalue weighted by Crippen LogP contribution is 2.18. The van der Waals surface area contributed by atoms with Crippen molar-refractivity contribution in [1.82, 2.24) is 5.32 Å². The summed E-state index contributed by atoms with van der Waals surface area (Å²) in [5.74, 6) is 0.162. The highest BCUT2D eigenvalue weighted by molar-refractivity contribution is 5.75. The molecule has 1 aliphatic rings. The van der Waals surface area contributed by atoms with Crippen molar-refractivity contribution in [2.75, 3.05) is 7.11 Å². The fourth-order valence-corrected chi connectivity index (χ4v) is 2.54. The molecule has 1 rings (SSSR count). The summed E-state index contributed by atoms with van der Waals surface area (Å²) in [5.41, 5.74) is 0. The second-order valence-electron chi connectivity index (χ2n) is 5.45. The van der Waals surface area contributed by atoms with Gasteiger partial charge in [-0.2, -0.15) is 0 Å². The second kappa shape index (κ2) is 7.70. The van der Waals surface area contributed by atoms with Gasteiger partial charge in [-0.1, -0.05) is 46.0 Å². The van der Waals surface area contributed by atoms with E-state index in [0.717, 1.165) is 0 Å². The van der Waals surface area contributed by atoms with Crippen LogP contribution in [0.15, 0.2) is 0 Å². The lowest BCUT2D eigenvalue weighted by molar-refractivity contribution is -0.144. The number of rotatable bonds is 4. The van der Waals surface area contributed by atoms with Gasteiger partial charge in [-0.3, -0.25) is 4.79 Å². The van der Waals surface area contributed by atoms with Crippen LogP contribution in [0, 0.1) is 5.92 Å². The molecule has 0 saturated heterocycles. The molecule has 0 aromatic carbocycles. The van der Waals surface area contributed by atoms with E-state index < -0.39 is 0 Å². The molecule has 0 aliphatic heterocycles. The summed E-state index contributed by atoms with van der Waals surface area (Å²) in [6.45, 7) is 4.13. The Kier molecular flexibility index (Phi) is 6.56. The SMILES string of the molecule is COC(=O)[C@H](NC1CCCCCCC1)C(C)C. The van der Waals surface area contributed by atoms with Crippen LogP contribution < -0.4 is 5.32 Å². The molecule has 0 spiro atoms. The van der Waals surface area contributed by atoms with E-state index in [0.29, 0.717) is 6.04 Å². The van der Waals surface area contributed by atoms with Crippen molar-refractivity contribution in [1.29, 1.82) is 0 Å². The Morgan fingerprint density at radius 2 is 1.65 bits per heavy atom. The van der Waals surface area contributed by atoms with Crippen molar-refractivity contribution in [3.8, 4) is 0 Å². The molecule has 3 heteroatoms. The molecule has 3 nitrogen and oxygen atoms in total. The smallest absolute Gasteiger partial charge is 0.323 e. The number of carbonyl (C=O) groups is 1. The summed E-state index contributed by atoms with van der Waals surface area (Å²) in [6.07, 6.45) is 9.00. The van der Waals surface area contributed by atoms with E-state index in [1.165, 1.54) is 52.1 Å². The minimum atomic E-state index is -0.149. The maximum Gasteiger partial charge on any atom is 0.323 e. The Morgan fingerprint density at radius 1 is 1.12 bits per heavy atom. The Labute approximate surface area is 105 Å². The maximum absolute atomic E-state index is 11.7. The number of ether oxygens (including phenoxy) is 1. The van der Waals surface area contributed by atoms with Crippen LogP contribution in [0.4, 0.5) is 0 Å². The average Bonchev–Trinajstić information content (AvgIpc) is 2.26. The molecule has 0 aromatic heterocycles. The quantitative estimate of drug-likeness (QED) is 0.769. The van der Waals surface area contributed by atoms with Gasteiger partial charge in [0, 0.05) is 6.04 Å². The van der Waals surface area contributed by atoms with Crippen molar-refractivity contribution in [3.63, 3.8) is 0 Å². The molecule has 1 fully saturated rings. The van der Waals surface area contributed by atoms with Crippen LogP contribution in [-0.2, 0) is 9.53 Å². The number of hydrogen-bond donors (Lipinski definition) is 1. The molecule has 0 aromatic rings. The van der Waals surface area contributed by atoms with E-state index in [1.54, 1.807) is 0 Å². The predicted molar refractivity (Wildman–Crippen MR) is 69.9 cm³/mol. The Morgan fingerprint density at radius 3 is 2.12 bits per heavy atom. The zero-order valence-electron chi connectivity index (χ0n) is 11.5. The molecule has 0 amide bonds. The van der Waals surface area contributed by atoms with E-state index >= 15 is 0 Å². The van der Waals surface area contributed by atoms with E-state index in [4.69, 9.17) is 4.74 Å². The number of carbonyl (C=O) groups excluding carboxylic acids is 1. The number of nitrogens with one attached hydrogen (secondary N) is 1. The molecule has 1 atom stereocenters. The third-order valence-corrected chi connectivity index (χ3v) is 3.64. The molecule has 1 aliphatic carbocycles. The van der Waals surface area contributed by atoms with Gasteiger partial charge < -0.3 is 10.1 Å². The van der Waals surface area contributed by atoms with Gasteiger partial charge in [0.2, 0.25) is 0 Å². The average molecular weight is 241 g/mol. The van der Waals surface area contributed by atoms with E-state index in [2.05, 4.69) is 19.2 Å². The van der Waals surface area contributed by atoms with Crippen LogP contribution in [0.5, 0.6) is 0 Å². The van der Waals surface area contributed by atoms with Gasteiger partial charge in [-0.05, 0) is 18.8 Å². The third-order valence-electron chi connectivity index (χ3n) is 3.64. The Bertz CT molecular complexity index is 220. The van der Waals surface area contributed by atoms with E-state index in [1.807, 2.05) is 0 Å². The van der Waals surface area contributed by atoms with E-state index in [9.17, 15) is 4.79 Å². The standard InChI is InChI=1S/C14H27NO2/c1-11(2)13(14(16)17-3)15-12-9-7-5-4-6-8-10-12/h11-13,15H,4-10H2,1-3H3/t13-/m1/s1. The molecule has 1 N–H and O–H groups in total. The first-order valence-corrected chi connectivity index (χ1v) is 6.99. The Hall–Kier alpha value is -0.570. The van der Waals surface area contributed by atoms with Crippen LogP contribution in [0.25, 0.3) is 0 Å². The second-order valence-corrected chi connectivity index (χ2v) is 5.45. The third kappa shape index (κ3) is 5.07. The molecule has 0 radical (unpaired) electrons. The molecule has 0 bridgehead atoms.